The van der Waals surface area contributed by atoms with Gasteiger partial charge >= 0.3 is 5.97 Å². The van der Waals surface area contributed by atoms with E-state index in [-0.39, 0.29) is 0 Å². The molecule has 1 N–H and O–H groups in total. The van der Waals surface area contributed by atoms with Crippen molar-refractivity contribution in [2.24, 2.45) is 0 Å². The molecule has 0 aliphatic carbocycles. The maximum Gasteiger partial charge on any atom is 0.335 e. The molecule has 0 aliphatic heterocycles. The summed E-state index contributed by atoms with van der Waals surface area (Å²) in [6.07, 6.45) is 0. The lowest BCUT2D eigenvalue weighted by molar-refractivity contribution is 0.0697. The molecule has 0 radical (unpaired) electrons. The molecule has 6 heteroatoms. The number of aromatic carboxylic acids is 1. The lowest BCUT2D eigenvalue weighted by Crippen LogP contribution is -2.23. The quantitative estimate of drug-likeness (QED) is 0.243. The average Bonchev–Trinajstić information content (AvgIpc) is 2.92. The molecule has 0 bridgehead atoms. The molecule has 39 heavy (non-hydrogen) atoms. The minimum absolute atomic E-state index is 0.319. The van der Waals surface area contributed by atoms with Gasteiger partial charge in [-0.25, -0.2) is 4.79 Å². The number of fused-ring (bicyclic) bond motifs is 2. The summed E-state index contributed by atoms with van der Waals surface area (Å²) >= 11 is 0. The molecule has 0 spiro atoms. The maximum atomic E-state index is 12.0. The van der Waals surface area contributed by atoms with Gasteiger partial charge < -0.3 is 5.11 Å². The number of rotatable bonds is 9. The summed E-state index contributed by atoms with van der Waals surface area (Å²) in [5, 5.41) is 14.4. The first-order chi connectivity index (χ1) is 18.8. The van der Waals surface area contributed by atoms with Gasteiger partial charge in [-0.2, -0.15) is 0 Å². The zero-order valence-corrected chi connectivity index (χ0v) is 23.2. The van der Waals surface area contributed by atoms with Crippen molar-refractivity contribution in [1.29, 1.82) is 0 Å². The molecule has 4 nitrogen and oxygen atoms in total. The standard InChI is InChI=1S/C33H34B2N2O2/c1-36(18-23-9-3-7-13-31(23)34)20-29-25-11-5-6-12-26(25)30(28-17-22(33(38)39)15-16-27(28)29)21-37(2)19-24-10-4-8-14-32(24)35/h3-17H,18-21,34-35H2,1-2H3,(H,38,39). The van der Waals surface area contributed by atoms with Crippen molar-refractivity contribution in [3.05, 3.63) is 119 Å². The van der Waals surface area contributed by atoms with Crippen LogP contribution in [0.25, 0.3) is 21.5 Å². The van der Waals surface area contributed by atoms with Gasteiger partial charge in [0.1, 0.15) is 15.7 Å². The second-order valence-electron chi connectivity index (χ2n) is 10.8. The molecular formula is C33H34B2N2O2. The van der Waals surface area contributed by atoms with Crippen molar-refractivity contribution < 1.29 is 9.90 Å². The van der Waals surface area contributed by atoms with Crippen LogP contribution in [0.15, 0.2) is 91.0 Å². The molecule has 0 fully saturated rings. The molecule has 0 amide bonds. The highest BCUT2D eigenvalue weighted by Crippen LogP contribution is 2.35. The third-order valence-electron chi connectivity index (χ3n) is 7.75. The maximum absolute atomic E-state index is 12.0. The van der Waals surface area contributed by atoms with Crippen LogP contribution in [0.2, 0.25) is 0 Å². The lowest BCUT2D eigenvalue weighted by atomic mass is 9.89. The van der Waals surface area contributed by atoms with Gasteiger partial charge in [-0.15, -0.1) is 0 Å². The smallest absolute Gasteiger partial charge is 0.335 e. The zero-order valence-electron chi connectivity index (χ0n) is 23.2. The molecule has 0 atom stereocenters. The van der Waals surface area contributed by atoms with Crippen LogP contribution >= 0.6 is 0 Å². The van der Waals surface area contributed by atoms with Gasteiger partial charge in [0.25, 0.3) is 0 Å². The second-order valence-corrected chi connectivity index (χ2v) is 10.8. The minimum atomic E-state index is -0.900. The first-order valence-electron chi connectivity index (χ1n) is 13.5. The van der Waals surface area contributed by atoms with E-state index in [2.05, 4.69) is 112 Å². The Morgan fingerprint density at radius 2 is 1.05 bits per heavy atom. The highest BCUT2D eigenvalue weighted by atomic mass is 16.4. The third-order valence-corrected chi connectivity index (χ3v) is 7.75. The van der Waals surface area contributed by atoms with Gasteiger partial charge in [-0.3, -0.25) is 9.80 Å². The number of carbonyl (C=O) groups is 1. The Kier molecular flexibility index (Phi) is 7.87. The van der Waals surface area contributed by atoms with Gasteiger partial charge in [0.2, 0.25) is 0 Å². The number of benzene rings is 5. The van der Waals surface area contributed by atoms with Crippen LogP contribution in [0.3, 0.4) is 0 Å². The summed E-state index contributed by atoms with van der Waals surface area (Å²) in [6.45, 7) is 3.14. The third kappa shape index (κ3) is 5.78. The molecule has 0 saturated heterocycles. The fourth-order valence-electron chi connectivity index (χ4n) is 5.64. The Labute approximate surface area is 232 Å². The normalized spacial score (nSPS) is 11.6. The summed E-state index contributed by atoms with van der Waals surface area (Å²) in [5.41, 5.74) is 7.91. The Morgan fingerprint density at radius 3 is 1.54 bits per heavy atom. The largest absolute Gasteiger partial charge is 0.478 e. The van der Waals surface area contributed by atoms with Gasteiger partial charge in [0.05, 0.1) is 5.56 Å². The molecule has 0 heterocycles. The molecule has 0 aliphatic rings. The summed E-state index contributed by atoms with van der Waals surface area (Å²) < 4.78 is 0. The Balaban J connectivity index is 1.60. The Morgan fingerprint density at radius 1 is 0.615 bits per heavy atom. The highest BCUT2D eigenvalue weighted by molar-refractivity contribution is 6.33. The van der Waals surface area contributed by atoms with Crippen LogP contribution in [-0.2, 0) is 26.2 Å². The van der Waals surface area contributed by atoms with Crippen molar-refractivity contribution >= 4 is 54.1 Å². The van der Waals surface area contributed by atoms with Crippen LogP contribution in [0.5, 0.6) is 0 Å². The van der Waals surface area contributed by atoms with E-state index in [9.17, 15) is 9.90 Å². The van der Waals surface area contributed by atoms with Gasteiger partial charge in [-0.05, 0) is 70.0 Å². The summed E-state index contributed by atoms with van der Waals surface area (Å²) in [4.78, 5) is 16.7. The SMILES string of the molecule is Bc1ccccc1CN(C)Cc1c2ccccc2c(CN(C)Cc2ccccc2B)c2cc(C(=O)O)ccc12. The van der Waals surface area contributed by atoms with E-state index in [4.69, 9.17) is 0 Å². The number of hydrogen-bond acceptors (Lipinski definition) is 3. The van der Waals surface area contributed by atoms with Crippen molar-refractivity contribution in [2.75, 3.05) is 14.1 Å². The first kappa shape index (κ1) is 26.7. The van der Waals surface area contributed by atoms with Crippen LogP contribution in [-0.4, -0.2) is 50.7 Å². The van der Waals surface area contributed by atoms with Crippen molar-refractivity contribution in [3.8, 4) is 0 Å². The predicted molar refractivity (Wildman–Crippen MR) is 168 cm³/mol. The van der Waals surface area contributed by atoms with Crippen LogP contribution < -0.4 is 10.9 Å². The topological polar surface area (TPSA) is 43.8 Å². The number of nitrogens with zero attached hydrogens (tertiary/aromatic N) is 2. The Hall–Kier alpha value is -3.86. The fraction of sp³-hybridized carbons (Fsp3) is 0.182. The minimum Gasteiger partial charge on any atom is -0.478 e. The number of hydrogen-bond donors (Lipinski definition) is 1. The fourth-order valence-corrected chi connectivity index (χ4v) is 5.64. The molecule has 0 aromatic heterocycles. The van der Waals surface area contributed by atoms with Crippen LogP contribution in [0, 0.1) is 0 Å². The Bertz CT molecular complexity index is 1670. The zero-order chi connectivity index (χ0) is 27.5. The molecule has 0 saturated carbocycles. The van der Waals surface area contributed by atoms with Gasteiger partial charge in [0, 0.05) is 26.2 Å². The summed E-state index contributed by atoms with van der Waals surface area (Å²) in [7, 11) is 8.60. The molecule has 5 aromatic rings. The van der Waals surface area contributed by atoms with Gasteiger partial charge in [-0.1, -0.05) is 89.8 Å². The lowest BCUT2D eigenvalue weighted by Gasteiger charge is -2.25. The molecule has 5 rings (SSSR count). The molecular weight excluding hydrogens is 478 g/mol. The van der Waals surface area contributed by atoms with Crippen LogP contribution in [0.4, 0.5) is 0 Å². The van der Waals surface area contributed by atoms with E-state index in [0.717, 1.165) is 30.4 Å². The number of carboxylic acids is 1. The monoisotopic (exact) mass is 512 g/mol. The molecule has 194 valence electrons. The van der Waals surface area contributed by atoms with E-state index >= 15 is 0 Å². The van der Waals surface area contributed by atoms with Crippen LogP contribution in [0.1, 0.15) is 32.6 Å². The van der Waals surface area contributed by atoms with Crippen molar-refractivity contribution in [1.82, 2.24) is 9.80 Å². The van der Waals surface area contributed by atoms with E-state index in [1.54, 1.807) is 6.07 Å². The van der Waals surface area contributed by atoms with Gasteiger partial charge in [0.15, 0.2) is 0 Å². The first-order valence-corrected chi connectivity index (χ1v) is 13.5. The number of carboxylic acid groups (broad SMARTS) is 1. The highest BCUT2D eigenvalue weighted by Gasteiger charge is 2.18. The van der Waals surface area contributed by atoms with E-state index < -0.39 is 5.97 Å². The second kappa shape index (κ2) is 11.5. The van der Waals surface area contributed by atoms with E-state index in [0.29, 0.717) is 12.1 Å². The van der Waals surface area contributed by atoms with E-state index in [1.165, 1.54) is 44.0 Å². The predicted octanol–water partition coefficient (Wildman–Crippen LogP) is 3.47. The molecule has 0 unspecified atom stereocenters. The summed E-state index contributed by atoms with van der Waals surface area (Å²) in [5.74, 6) is -0.900. The van der Waals surface area contributed by atoms with Crippen molar-refractivity contribution in [3.63, 3.8) is 0 Å². The average molecular weight is 512 g/mol. The summed E-state index contributed by atoms with van der Waals surface area (Å²) in [6, 6.07) is 31.2. The molecule has 5 aromatic carbocycles. The van der Waals surface area contributed by atoms with E-state index in [1.807, 2.05) is 12.1 Å². The van der Waals surface area contributed by atoms with Crippen molar-refractivity contribution in [2.45, 2.75) is 26.2 Å².